The first-order valence-electron chi connectivity index (χ1n) is 8.63. The maximum Gasteiger partial charge on any atom is 0.232 e. The minimum atomic E-state index is 0.383. The van der Waals surface area contributed by atoms with E-state index in [1.807, 2.05) is 37.0 Å². The molecule has 1 aliphatic rings. The molecule has 0 radical (unpaired) electrons. The Labute approximate surface area is 145 Å². The third-order valence-corrected chi connectivity index (χ3v) is 4.39. The predicted octanol–water partition coefficient (Wildman–Crippen LogP) is 2.96. The average molecular weight is 342 g/mol. The van der Waals surface area contributed by atoms with Crippen molar-refractivity contribution >= 4 is 22.7 Å². The molecule has 4 heterocycles. The molecule has 0 aromatic carbocycles. The van der Waals surface area contributed by atoms with Crippen molar-refractivity contribution in [3.05, 3.63) is 24.2 Å². The van der Waals surface area contributed by atoms with Crippen LogP contribution < -0.4 is 10.1 Å². The number of aromatic amines is 1. The molecule has 0 spiro atoms. The van der Waals surface area contributed by atoms with Crippen LogP contribution in [0.15, 0.2) is 18.5 Å². The number of anilines is 2. The fourth-order valence-electron chi connectivity index (χ4n) is 3.08. The molecule has 3 aromatic heterocycles. The maximum absolute atomic E-state index is 5.64. The first kappa shape index (κ1) is 15.9. The summed E-state index contributed by atoms with van der Waals surface area (Å²) in [5.74, 6) is 1.07. The number of H-pyrrole nitrogens is 1. The Morgan fingerprint density at radius 3 is 3.00 bits per heavy atom. The van der Waals surface area contributed by atoms with Gasteiger partial charge in [0.1, 0.15) is 5.65 Å². The molecule has 0 bridgehead atoms. The highest BCUT2D eigenvalue weighted by molar-refractivity contribution is 5.82. The highest BCUT2D eigenvalue weighted by atomic mass is 16.5. The number of fused-ring (bicyclic) bond motifs is 1. The van der Waals surface area contributed by atoms with E-state index >= 15 is 0 Å². The molecule has 25 heavy (non-hydrogen) atoms. The van der Waals surface area contributed by atoms with E-state index in [-0.39, 0.29) is 0 Å². The van der Waals surface area contributed by atoms with Gasteiger partial charge in [-0.1, -0.05) is 0 Å². The van der Waals surface area contributed by atoms with Crippen LogP contribution in [-0.2, 0) is 4.74 Å². The third kappa shape index (κ3) is 3.17. The molecule has 0 atom stereocenters. The molecule has 3 aromatic rings. The van der Waals surface area contributed by atoms with Crippen LogP contribution in [0.1, 0.15) is 31.5 Å². The SMILES string of the molecule is CCOc1nc(Nc2cn(C3CCOCC3)nc2C)nc2[nH]ccc12. The molecule has 2 N–H and O–H groups in total. The van der Waals surface area contributed by atoms with Crippen LogP contribution >= 0.6 is 0 Å². The quantitative estimate of drug-likeness (QED) is 0.741. The number of nitrogens with one attached hydrogen (secondary N) is 2. The van der Waals surface area contributed by atoms with E-state index in [0.717, 1.165) is 48.5 Å². The van der Waals surface area contributed by atoms with Gasteiger partial charge in [-0.3, -0.25) is 4.68 Å². The number of hydrogen-bond acceptors (Lipinski definition) is 6. The Hall–Kier alpha value is -2.61. The number of nitrogens with zero attached hydrogens (tertiary/aromatic N) is 4. The molecule has 1 saturated heterocycles. The van der Waals surface area contributed by atoms with Crippen LogP contribution in [0.2, 0.25) is 0 Å². The van der Waals surface area contributed by atoms with E-state index in [1.165, 1.54) is 0 Å². The van der Waals surface area contributed by atoms with Gasteiger partial charge in [0, 0.05) is 25.6 Å². The van der Waals surface area contributed by atoms with Crippen LogP contribution in [0.25, 0.3) is 11.0 Å². The Kier molecular flexibility index (Phi) is 4.27. The van der Waals surface area contributed by atoms with Gasteiger partial charge in [-0.25, -0.2) is 0 Å². The number of rotatable bonds is 5. The molecular weight excluding hydrogens is 320 g/mol. The van der Waals surface area contributed by atoms with Gasteiger partial charge in [-0.05, 0) is 32.8 Å². The second-order valence-electron chi connectivity index (χ2n) is 6.10. The van der Waals surface area contributed by atoms with Crippen molar-refractivity contribution in [1.82, 2.24) is 24.7 Å². The van der Waals surface area contributed by atoms with Crippen molar-refractivity contribution < 1.29 is 9.47 Å². The molecule has 0 unspecified atom stereocenters. The maximum atomic E-state index is 5.64. The van der Waals surface area contributed by atoms with Crippen molar-refractivity contribution in [2.24, 2.45) is 0 Å². The number of hydrogen-bond donors (Lipinski definition) is 2. The molecule has 132 valence electrons. The van der Waals surface area contributed by atoms with Gasteiger partial charge in [0.25, 0.3) is 0 Å². The standard InChI is InChI=1S/C17H22N6O2/c1-3-25-16-13-4-7-18-15(13)20-17(21-16)19-14-10-23(22-11(14)2)12-5-8-24-9-6-12/h4,7,10,12H,3,5-6,8-9H2,1-2H3,(H2,18,19,20,21). The lowest BCUT2D eigenvalue weighted by Gasteiger charge is -2.22. The Bertz CT molecular complexity index is 865. The normalized spacial score (nSPS) is 15.6. The smallest absolute Gasteiger partial charge is 0.232 e. The number of aromatic nitrogens is 5. The van der Waals surface area contributed by atoms with E-state index in [4.69, 9.17) is 9.47 Å². The Balaban J connectivity index is 1.61. The lowest BCUT2D eigenvalue weighted by Crippen LogP contribution is -2.19. The van der Waals surface area contributed by atoms with Crippen molar-refractivity contribution in [3.8, 4) is 5.88 Å². The van der Waals surface area contributed by atoms with Gasteiger partial charge >= 0.3 is 0 Å². The molecular formula is C17H22N6O2. The molecule has 0 amide bonds. The highest BCUT2D eigenvalue weighted by Crippen LogP contribution is 2.27. The number of ether oxygens (including phenoxy) is 2. The average Bonchev–Trinajstić information content (AvgIpc) is 3.23. The van der Waals surface area contributed by atoms with Gasteiger partial charge in [0.2, 0.25) is 11.8 Å². The van der Waals surface area contributed by atoms with Crippen molar-refractivity contribution in [3.63, 3.8) is 0 Å². The topological polar surface area (TPSA) is 89.9 Å². The van der Waals surface area contributed by atoms with Gasteiger partial charge < -0.3 is 19.8 Å². The van der Waals surface area contributed by atoms with Crippen molar-refractivity contribution in [1.29, 1.82) is 0 Å². The van der Waals surface area contributed by atoms with Crippen LogP contribution in [0.5, 0.6) is 5.88 Å². The van der Waals surface area contributed by atoms with E-state index in [1.54, 1.807) is 0 Å². The summed E-state index contributed by atoms with van der Waals surface area (Å²) in [5.41, 5.74) is 2.56. The van der Waals surface area contributed by atoms with Gasteiger partial charge in [0.05, 0.1) is 29.4 Å². The van der Waals surface area contributed by atoms with E-state index in [2.05, 4.69) is 25.4 Å². The second kappa shape index (κ2) is 6.72. The molecule has 8 heteroatoms. The monoisotopic (exact) mass is 342 g/mol. The molecule has 4 rings (SSSR count). The zero-order valence-corrected chi connectivity index (χ0v) is 14.5. The van der Waals surface area contributed by atoms with Crippen molar-refractivity contribution in [2.75, 3.05) is 25.1 Å². The Morgan fingerprint density at radius 1 is 1.36 bits per heavy atom. The summed E-state index contributed by atoms with van der Waals surface area (Å²) < 4.78 is 13.1. The molecule has 1 aliphatic heterocycles. The number of aryl methyl sites for hydroxylation is 1. The summed E-state index contributed by atoms with van der Waals surface area (Å²) in [6.07, 6.45) is 5.83. The lowest BCUT2D eigenvalue weighted by molar-refractivity contribution is 0.0662. The summed E-state index contributed by atoms with van der Waals surface area (Å²) in [7, 11) is 0. The van der Waals surface area contributed by atoms with Crippen LogP contribution in [0.4, 0.5) is 11.6 Å². The van der Waals surface area contributed by atoms with E-state index < -0.39 is 0 Å². The van der Waals surface area contributed by atoms with E-state index in [9.17, 15) is 0 Å². The van der Waals surface area contributed by atoms with Crippen molar-refractivity contribution in [2.45, 2.75) is 32.7 Å². The van der Waals surface area contributed by atoms with Crippen LogP contribution in [0, 0.1) is 6.92 Å². The zero-order valence-electron chi connectivity index (χ0n) is 14.5. The van der Waals surface area contributed by atoms with Gasteiger partial charge in [-0.2, -0.15) is 15.1 Å². The zero-order chi connectivity index (χ0) is 17.2. The van der Waals surface area contributed by atoms with Gasteiger partial charge in [-0.15, -0.1) is 0 Å². The summed E-state index contributed by atoms with van der Waals surface area (Å²) in [4.78, 5) is 12.1. The first-order chi connectivity index (χ1) is 12.2. The minimum absolute atomic E-state index is 0.383. The molecule has 0 saturated carbocycles. The van der Waals surface area contributed by atoms with Gasteiger partial charge in [0.15, 0.2) is 0 Å². The van der Waals surface area contributed by atoms with E-state index in [0.29, 0.717) is 24.5 Å². The summed E-state index contributed by atoms with van der Waals surface area (Å²) in [5, 5.41) is 8.80. The summed E-state index contributed by atoms with van der Waals surface area (Å²) >= 11 is 0. The third-order valence-electron chi connectivity index (χ3n) is 4.39. The largest absolute Gasteiger partial charge is 0.477 e. The molecule has 8 nitrogen and oxygen atoms in total. The summed E-state index contributed by atoms with van der Waals surface area (Å²) in [6.45, 7) is 6.05. The fraction of sp³-hybridized carbons (Fsp3) is 0.471. The second-order valence-corrected chi connectivity index (χ2v) is 6.10. The van der Waals surface area contributed by atoms with Crippen LogP contribution in [0.3, 0.4) is 0 Å². The Morgan fingerprint density at radius 2 is 2.20 bits per heavy atom. The summed E-state index contributed by atoms with van der Waals surface area (Å²) in [6, 6.07) is 2.30. The first-order valence-corrected chi connectivity index (χ1v) is 8.63. The molecule has 1 fully saturated rings. The minimum Gasteiger partial charge on any atom is -0.477 e. The lowest BCUT2D eigenvalue weighted by atomic mass is 10.1. The predicted molar refractivity (Wildman–Crippen MR) is 94.4 cm³/mol. The highest BCUT2D eigenvalue weighted by Gasteiger charge is 2.18. The van der Waals surface area contributed by atoms with Crippen LogP contribution in [-0.4, -0.2) is 44.6 Å². The fourth-order valence-corrected chi connectivity index (χ4v) is 3.08. The molecule has 0 aliphatic carbocycles.